The first-order valence-corrected chi connectivity index (χ1v) is 6.91. The molecule has 0 aliphatic carbocycles. The van der Waals surface area contributed by atoms with Gasteiger partial charge in [-0.2, -0.15) is 0 Å². The van der Waals surface area contributed by atoms with Crippen molar-refractivity contribution in [3.8, 4) is 0 Å². The monoisotopic (exact) mass is 290 g/mol. The Morgan fingerprint density at radius 1 is 1.38 bits per heavy atom. The average molecular weight is 290 g/mol. The van der Waals surface area contributed by atoms with Crippen molar-refractivity contribution in [3.05, 3.63) is 47.8 Å². The fraction of sp³-hybridized carbons (Fsp3) is 0.400. The third kappa shape index (κ3) is 4.37. The van der Waals surface area contributed by atoms with Crippen LogP contribution in [0.15, 0.2) is 30.6 Å². The molecule has 1 unspecified atom stereocenters. The second kappa shape index (κ2) is 6.97. The van der Waals surface area contributed by atoms with E-state index in [0.717, 1.165) is 11.4 Å². The number of hydrogen-bond acceptors (Lipinski definition) is 3. The third-order valence-corrected chi connectivity index (χ3v) is 3.35. The van der Waals surface area contributed by atoms with Crippen LogP contribution in [0.5, 0.6) is 0 Å². The van der Waals surface area contributed by atoms with E-state index in [2.05, 4.69) is 15.5 Å². The van der Waals surface area contributed by atoms with Crippen LogP contribution in [0.25, 0.3) is 0 Å². The quantitative estimate of drug-likeness (QED) is 0.882. The zero-order chi connectivity index (χ0) is 15.2. The van der Waals surface area contributed by atoms with Gasteiger partial charge in [0.1, 0.15) is 18.0 Å². The summed E-state index contributed by atoms with van der Waals surface area (Å²) in [6.45, 7) is 2.51. The summed E-state index contributed by atoms with van der Waals surface area (Å²) in [4.78, 5) is 11.8. The van der Waals surface area contributed by atoms with E-state index in [1.54, 1.807) is 18.5 Å². The van der Waals surface area contributed by atoms with Crippen molar-refractivity contribution in [3.63, 3.8) is 0 Å². The molecule has 0 fully saturated rings. The van der Waals surface area contributed by atoms with Gasteiger partial charge < -0.3 is 9.88 Å². The Bertz CT molecular complexity index is 594. The molecule has 2 aromatic rings. The third-order valence-electron chi connectivity index (χ3n) is 3.35. The number of aromatic nitrogens is 3. The standard InChI is InChI=1S/C15H19FN4O/c1-11(15-19-18-10-20(15)2)9-17-14(21)8-5-12-3-6-13(16)7-4-12/h3-4,6-7,10-11H,5,8-9H2,1-2H3,(H,17,21). The number of carbonyl (C=O) groups excluding carboxylic acids is 1. The Morgan fingerprint density at radius 2 is 2.10 bits per heavy atom. The van der Waals surface area contributed by atoms with Gasteiger partial charge in [-0.25, -0.2) is 4.39 Å². The van der Waals surface area contributed by atoms with Gasteiger partial charge in [0, 0.05) is 25.9 Å². The number of halogens is 1. The fourth-order valence-electron chi connectivity index (χ4n) is 2.09. The summed E-state index contributed by atoms with van der Waals surface area (Å²) >= 11 is 0. The molecular weight excluding hydrogens is 271 g/mol. The SMILES string of the molecule is CC(CNC(=O)CCc1ccc(F)cc1)c1nncn1C. The van der Waals surface area contributed by atoms with Gasteiger partial charge in [0.15, 0.2) is 0 Å². The van der Waals surface area contributed by atoms with Crippen molar-refractivity contribution >= 4 is 5.91 Å². The number of benzene rings is 1. The molecule has 1 atom stereocenters. The highest BCUT2D eigenvalue weighted by molar-refractivity contribution is 5.76. The summed E-state index contributed by atoms with van der Waals surface area (Å²) in [6, 6.07) is 6.21. The minimum atomic E-state index is -0.263. The van der Waals surface area contributed by atoms with E-state index >= 15 is 0 Å². The molecule has 1 heterocycles. The first-order chi connectivity index (χ1) is 10.1. The van der Waals surface area contributed by atoms with Crippen molar-refractivity contribution < 1.29 is 9.18 Å². The number of aryl methyl sites for hydroxylation is 2. The number of carbonyl (C=O) groups is 1. The van der Waals surface area contributed by atoms with Crippen molar-refractivity contribution in [2.24, 2.45) is 7.05 Å². The number of hydrogen-bond donors (Lipinski definition) is 1. The highest BCUT2D eigenvalue weighted by Crippen LogP contribution is 2.10. The summed E-state index contributed by atoms with van der Waals surface area (Å²) < 4.78 is 14.6. The molecule has 0 spiro atoms. The summed E-state index contributed by atoms with van der Waals surface area (Å²) in [5.41, 5.74) is 0.952. The smallest absolute Gasteiger partial charge is 0.220 e. The van der Waals surface area contributed by atoms with Crippen LogP contribution in [-0.4, -0.2) is 27.2 Å². The molecule has 0 bridgehead atoms. The maximum Gasteiger partial charge on any atom is 0.220 e. The lowest BCUT2D eigenvalue weighted by atomic mass is 10.1. The van der Waals surface area contributed by atoms with Gasteiger partial charge >= 0.3 is 0 Å². The molecule has 0 saturated carbocycles. The van der Waals surface area contributed by atoms with Gasteiger partial charge in [0.25, 0.3) is 0 Å². The summed E-state index contributed by atoms with van der Waals surface area (Å²) in [6.07, 6.45) is 2.63. The van der Waals surface area contributed by atoms with Gasteiger partial charge in [-0.05, 0) is 24.1 Å². The van der Waals surface area contributed by atoms with Gasteiger partial charge in [0.05, 0.1) is 0 Å². The molecule has 21 heavy (non-hydrogen) atoms. The van der Waals surface area contributed by atoms with Crippen LogP contribution < -0.4 is 5.32 Å². The van der Waals surface area contributed by atoms with Crippen LogP contribution in [-0.2, 0) is 18.3 Å². The van der Waals surface area contributed by atoms with E-state index in [0.29, 0.717) is 19.4 Å². The summed E-state index contributed by atoms with van der Waals surface area (Å²) in [5, 5.41) is 10.7. The van der Waals surface area contributed by atoms with Gasteiger partial charge in [-0.15, -0.1) is 10.2 Å². The van der Waals surface area contributed by atoms with E-state index < -0.39 is 0 Å². The van der Waals surface area contributed by atoms with Crippen LogP contribution in [0, 0.1) is 5.82 Å². The minimum Gasteiger partial charge on any atom is -0.355 e. The van der Waals surface area contributed by atoms with Crippen LogP contribution >= 0.6 is 0 Å². The minimum absolute atomic E-state index is 0.0201. The van der Waals surface area contributed by atoms with Crippen LogP contribution in [0.1, 0.15) is 30.7 Å². The fourth-order valence-corrected chi connectivity index (χ4v) is 2.09. The van der Waals surface area contributed by atoms with E-state index in [-0.39, 0.29) is 17.6 Å². The number of rotatable bonds is 6. The summed E-state index contributed by atoms with van der Waals surface area (Å²) in [7, 11) is 1.88. The highest BCUT2D eigenvalue weighted by atomic mass is 19.1. The lowest BCUT2D eigenvalue weighted by Crippen LogP contribution is -2.28. The van der Waals surface area contributed by atoms with Gasteiger partial charge in [-0.3, -0.25) is 4.79 Å². The van der Waals surface area contributed by atoms with Crippen molar-refractivity contribution in [2.75, 3.05) is 6.54 Å². The predicted octanol–water partition coefficient (Wildman–Crippen LogP) is 1.81. The van der Waals surface area contributed by atoms with Crippen molar-refractivity contribution in [2.45, 2.75) is 25.7 Å². The molecule has 6 heteroatoms. The molecule has 1 N–H and O–H groups in total. The van der Waals surface area contributed by atoms with Crippen LogP contribution in [0.2, 0.25) is 0 Å². The Morgan fingerprint density at radius 3 is 2.71 bits per heavy atom. The summed E-state index contributed by atoms with van der Waals surface area (Å²) in [5.74, 6) is 0.662. The van der Waals surface area contributed by atoms with Crippen molar-refractivity contribution in [1.82, 2.24) is 20.1 Å². The van der Waals surface area contributed by atoms with Gasteiger partial charge in [0.2, 0.25) is 5.91 Å². The Balaban J connectivity index is 1.75. The first-order valence-electron chi connectivity index (χ1n) is 6.91. The largest absolute Gasteiger partial charge is 0.355 e. The molecule has 112 valence electrons. The van der Waals surface area contributed by atoms with E-state index in [1.807, 2.05) is 18.5 Å². The molecule has 0 aliphatic rings. The average Bonchev–Trinajstić information content (AvgIpc) is 2.90. The lowest BCUT2D eigenvalue weighted by molar-refractivity contribution is -0.121. The molecule has 5 nitrogen and oxygen atoms in total. The molecule has 0 aliphatic heterocycles. The highest BCUT2D eigenvalue weighted by Gasteiger charge is 2.12. The normalized spacial score (nSPS) is 12.1. The molecule has 2 rings (SSSR count). The topological polar surface area (TPSA) is 59.8 Å². The number of nitrogens with one attached hydrogen (secondary N) is 1. The van der Waals surface area contributed by atoms with E-state index in [4.69, 9.17) is 0 Å². The Kier molecular flexibility index (Phi) is 5.03. The Labute approximate surface area is 123 Å². The predicted molar refractivity (Wildman–Crippen MR) is 77.1 cm³/mol. The molecule has 1 aromatic carbocycles. The second-order valence-corrected chi connectivity index (χ2v) is 5.13. The molecule has 1 aromatic heterocycles. The zero-order valence-corrected chi connectivity index (χ0v) is 12.2. The number of nitrogens with zero attached hydrogens (tertiary/aromatic N) is 3. The molecule has 0 saturated heterocycles. The molecule has 0 radical (unpaired) electrons. The van der Waals surface area contributed by atoms with Crippen LogP contribution in [0.3, 0.4) is 0 Å². The van der Waals surface area contributed by atoms with Crippen LogP contribution in [0.4, 0.5) is 4.39 Å². The Hall–Kier alpha value is -2.24. The molecular formula is C15H19FN4O. The maximum absolute atomic E-state index is 12.8. The second-order valence-electron chi connectivity index (χ2n) is 5.13. The van der Waals surface area contributed by atoms with Crippen molar-refractivity contribution in [1.29, 1.82) is 0 Å². The zero-order valence-electron chi connectivity index (χ0n) is 12.2. The van der Waals surface area contributed by atoms with E-state index in [9.17, 15) is 9.18 Å². The first kappa shape index (κ1) is 15.2. The van der Waals surface area contributed by atoms with Gasteiger partial charge in [-0.1, -0.05) is 19.1 Å². The van der Waals surface area contributed by atoms with E-state index in [1.165, 1.54) is 12.1 Å². The lowest BCUT2D eigenvalue weighted by Gasteiger charge is -2.11. The maximum atomic E-state index is 12.8. The number of amides is 1. The molecule has 1 amide bonds.